The van der Waals surface area contributed by atoms with Gasteiger partial charge in [-0.25, -0.2) is 4.90 Å². The topological polar surface area (TPSA) is 70.6 Å². The zero-order valence-electron chi connectivity index (χ0n) is 16.9. The van der Waals surface area contributed by atoms with Crippen LogP contribution in [-0.2, 0) is 16.1 Å². The summed E-state index contributed by atoms with van der Waals surface area (Å²) < 4.78 is 1.00. The van der Waals surface area contributed by atoms with Crippen molar-refractivity contribution in [1.82, 2.24) is 9.88 Å². The first-order valence-electron chi connectivity index (χ1n) is 9.83. The number of hydrogen-bond acceptors (Lipinski definition) is 4. The Bertz CT molecular complexity index is 1130. The average Bonchev–Trinajstić information content (AvgIpc) is 3.06. The summed E-state index contributed by atoms with van der Waals surface area (Å²) >= 11 is 2.17. The summed E-state index contributed by atoms with van der Waals surface area (Å²) in [6, 6.07) is 17.2. The summed E-state index contributed by atoms with van der Waals surface area (Å²) in [6.45, 7) is 2.09. The minimum atomic E-state index is -0.875. The van der Waals surface area contributed by atoms with Gasteiger partial charge in [-0.1, -0.05) is 23.8 Å². The molecule has 3 aromatic rings. The number of hydrogen-bond donors (Lipinski definition) is 0. The SMILES string of the molecule is Cc1cccc(C(=O)N(Cc2cccnc2)C2CC(=O)N(c3ccc(I)cc3)C2=O)c1. The Morgan fingerprint density at radius 3 is 2.58 bits per heavy atom. The fourth-order valence-corrected chi connectivity index (χ4v) is 4.04. The monoisotopic (exact) mass is 525 g/mol. The molecule has 31 heavy (non-hydrogen) atoms. The molecule has 0 aliphatic carbocycles. The summed E-state index contributed by atoms with van der Waals surface area (Å²) in [5, 5.41) is 0. The van der Waals surface area contributed by atoms with E-state index in [-0.39, 0.29) is 24.8 Å². The van der Waals surface area contributed by atoms with Crippen molar-refractivity contribution in [2.75, 3.05) is 4.90 Å². The Morgan fingerprint density at radius 2 is 1.90 bits per heavy atom. The van der Waals surface area contributed by atoms with Gasteiger partial charge in [-0.2, -0.15) is 0 Å². The van der Waals surface area contributed by atoms with Crippen molar-refractivity contribution in [1.29, 1.82) is 0 Å². The predicted molar refractivity (Wildman–Crippen MR) is 125 cm³/mol. The lowest BCUT2D eigenvalue weighted by Crippen LogP contribution is -2.45. The molecule has 1 unspecified atom stereocenters. The lowest BCUT2D eigenvalue weighted by molar-refractivity contribution is -0.122. The predicted octanol–water partition coefficient (Wildman–Crippen LogP) is 3.97. The van der Waals surface area contributed by atoms with Crippen LogP contribution in [0.15, 0.2) is 73.1 Å². The van der Waals surface area contributed by atoms with E-state index in [9.17, 15) is 14.4 Å². The number of nitrogens with zero attached hydrogens (tertiary/aromatic N) is 3. The van der Waals surface area contributed by atoms with Gasteiger partial charge in [0.2, 0.25) is 5.91 Å². The third-order valence-corrected chi connectivity index (χ3v) is 5.90. The summed E-state index contributed by atoms with van der Waals surface area (Å²) in [7, 11) is 0. The van der Waals surface area contributed by atoms with Crippen molar-refractivity contribution in [2.45, 2.75) is 25.9 Å². The van der Waals surface area contributed by atoms with E-state index in [4.69, 9.17) is 0 Å². The van der Waals surface area contributed by atoms with Gasteiger partial charge < -0.3 is 4.90 Å². The number of carbonyl (C=O) groups excluding carboxylic acids is 3. The van der Waals surface area contributed by atoms with Crippen molar-refractivity contribution in [3.8, 4) is 0 Å². The quantitative estimate of drug-likeness (QED) is 0.374. The van der Waals surface area contributed by atoms with Crippen molar-refractivity contribution >= 4 is 46.0 Å². The second-order valence-electron chi connectivity index (χ2n) is 7.43. The lowest BCUT2D eigenvalue weighted by atomic mass is 10.1. The third-order valence-electron chi connectivity index (χ3n) is 5.19. The highest BCUT2D eigenvalue weighted by atomic mass is 127. The second kappa shape index (κ2) is 8.97. The van der Waals surface area contributed by atoms with Crippen LogP contribution in [0.4, 0.5) is 5.69 Å². The summed E-state index contributed by atoms with van der Waals surface area (Å²) in [4.78, 5) is 46.4. The van der Waals surface area contributed by atoms with Crippen LogP contribution in [0.25, 0.3) is 0 Å². The highest BCUT2D eigenvalue weighted by molar-refractivity contribution is 14.1. The molecule has 2 aromatic carbocycles. The molecule has 156 valence electrons. The minimum Gasteiger partial charge on any atom is -0.322 e. The molecular weight excluding hydrogens is 505 g/mol. The molecule has 0 saturated carbocycles. The zero-order valence-corrected chi connectivity index (χ0v) is 19.0. The van der Waals surface area contributed by atoms with E-state index in [1.807, 2.05) is 37.3 Å². The Labute approximate surface area is 194 Å². The van der Waals surface area contributed by atoms with Crippen molar-refractivity contribution in [3.63, 3.8) is 0 Å². The smallest absolute Gasteiger partial charge is 0.257 e. The number of pyridine rings is 1. The van der Waals surface area contributed by atoms with Crippen LogP contribution >= 0.6 is 22.6 Å². The molecule has 1 saturated heterocycles. The maximum atomic E-state index is 13.5. The molecule has 6 nitrogen and oxygen atoms in total. The number of aryl methyl sites for hydroxylation is 1. The average molecular weight is 525 g/mol. The van der Waals surface area contributed by atoms with Crippen LogP contribution in [0.1, 0.15) is 27.9 Å². The molecule has 0 spiro atoms. The molecule has 4 rings (SSSR count). The number of carbonyl (C=O) groups is 3. The standard InChI is InChI=1S/C24H20IN3O3/c1-16-4-2-6-18(12-16)23(30)27(15-17-5-3-11-26-14-17)21-13-22(29)28(24(21)31)20-9-7-19(25)8-10-20/h2-12,14,21H,13,15H2,1H3. The van der Waals surface area contributed by atoms with Gasteiger partial charge in [0, 0.05) is 28.1 Å². The van der Waals surface area contributed by atoms with E-state index in [1.165, 1.54) is 9.80 Å². The van der Waals surface area contributed by atoms with E-state index in [0.29, 0.717) is 11.3 Å². The van der Waals surface area contributed by atoms with Crippen LogP contribution < -0.4 is 4.90 Å². The molecule has 1 aromatic heterocycles. The molecule has 0 bridgehead atoms. The maximum Gasteiger partial charge on any atom is 0.257 e. The fraction of sp³-hybridized carbons (Fsp3) is 0.167. The van der Waals surface area contributed by atoms with Gasteiger partial charge in [-0.15, -0.1) is 0 Å². The molecule has 3 amide bonds. The van der Waals surface area contributed by atoms with Gasteiger partial charge in [0.1, 0.15) is 6.04 Å². The van der Waals surface area contributed by atoms with E-state index < -0.39 is 11.9 Å². The van der Waals surface area contributed by atoms with Crippen LogP contribution in [0, 0.1) is 10.5 Å². The highest BCUT2D eigenvalue weighted by Gasteiger charge is 2.44. The normalized spacial score (nSPS) is 15.9. The Kier molecular flexibility index (Phi) is 6.13. The first-order valence-corrected chi connectivity index (χ1v) is 10.9. The van der Waals surface area contributed by atoms with Gasteiger partial charge >= 0.3 is 0 Å². The van der Waals surface area contributed by atoms with E-state index in [0.717, 1.165) is 14.7 Å². The minimum absolute atomic E-state index is 0.0529. The molecule has 0 N–H and O–H groups in total. The summed E-state index contributed by atoms with van der Waals surface area (Å²) in [5.41, 5.74) is 2.73. The summed E-state index contributed by atoms with van der Waals surface area (Å²) in [6.07, 6.45) is 3.26. The van der Waals surface area contributed by atoms with E-state index in [1.54, 1.807) is 42.7 Å². The molecule has 7 heteroatoms. The number of benzene rings is 2. The highest BCUT2D eigenvalue weighted by Crippen LogP contribution is 2.28. The number of imide groups is 1. The first kappa shape index (κ1) is 21.2. The number of rotatable bonds is 5. The van der Waals surface area contributed by atoms with Crippen LogP contribution in [-0.4, -0.2) is 33.6 Å². The molecular formula is C24H20IN3O3. The summed E-state index contributed by atoms with van der Waals surface area (Å²) in [5.74, 6) is -0.997. The second-order valence-corrected chi connectivity index (χ2v) is 8.67. The Balaban J connectivity index is 1.69. The molecule has 1 atom stereocenters. The molecule has 1 aliphatic heterocycles. The van der Waals surface area contributed by atoms with Gasteiger partial charge in [0.15, 0.2) is 0 Å². The van der Waals surface area contributed by atoms with Gasteiger partial charge in [0.25, 0.3) is 11.8 Å². The fourth-order valence-electron chi connectivity index (χ4n) is 3.68. The lowest BCUT2D eigenvalue weighted by Gasteiger charge is -2.28. The van der Waals surface area contributed by atoms with Gasteiger partial charge in [-0.3, -0.25) is 19.4 Å². The van der Waals surface area contributed by atoms with Crippen molar-refractivity contribution < 1.29 is 14.4 Å². The third kappa shape index (κ3) is 4.51. The van der Waals surface area contributed by atoms with E-state index >= 15 is 0 Å². The number of amides is 3. The molecule has 0 radical (unpaired) electrons. The van der Waals surface area contributed by atoms with Crippen LogP contribution in [0.5, 0.6) is 0 Å². The van der Waals surface area contributed by atoms with Crippen molar-refractivity contribution in [3.05, 3.63) is 93.3 Å². The molecule has 2 heterocycles. The van der Waals surface area contributed by atoms with E-state index in [2.05, 4.69) is 27.6 Å². The number of anilines is 1. The van der Waals surface area contributed by atoms with Crippen molar-refractivity contribution in [2.24, 2.45) is 0 Å². The largest absolute Gasteiger partial charge is 0.322 e. The van der Waals surface area contributed by atoms with Gasteiger partial charge in [-0.05, 0) is 77.5 Å². The van der Waals surface area contributed by atoms with Gasteiger partial charge in [0.05, 0.1) is 12.1 Å². The zero-order chi connectivity index (χ0) is 22.0. The maximum absolute atomic E-state index is 13.5. The first-order chi connectivity index (χ1) is 14.9. The molecule has 1 fully saturated rings. The van der Waals surface area contributed by atoms with Crippen LogP contribution in [0.3, 0.4) is 0 Å². The molecule has 1 aliphatic rings. The Hall–Kier alpha value is -3.07. The Morgan fingerprint density at radius 1 is 1.13 bits per heavy atom. The number of aromatic nitrogens is 1. The number of halogens is 1. The van der Waals surface area contributed by atoms with Crippen LogP contribution in [0.2, 0.25) is 0 Å².